The maximum absolute atomic E-state index is 12.1. The van der Waals surface area contributed by atoms with Crippen molar-refractivity contribution in [3.05, 3.63) is 71.8 Å². The van der Waals surface area contributed by atoms with Gasteiger partial charge in [0.25, 0.3) is 0 Å². The van der Waals surface area contributed by atoms with E-state index in [2.05, 4.69) is 0 Å². The van der Waals surface area contributed by atoms with E-state index in [0.717, 1.165) is 0 Å². The molecule has 0 N–H and O–H groups in total. The smallest absolute Gasteiger partial charge is 0.410 e. The third-order valence-corrected chi connectivity index (χ3v) is 2.95. The molecule has 0 fully saturated rings. The van der Waals surface area contributed by atoms with Crippen molar-refractivity contribution in [2.75, 3.05) is 14.1 Å². The molecule has 0 aromatic heterocycles. The lowest BCUT2D eigenvalue weighted by Gasteiger charge is -2.12. The summed E-state index contributed by atoms with van der Waals surface area (Å²) in [6.07, 6.45) is 2.65. The maximum Gasteiger partial charge on any atom is 0.414 e. The van der Waals surface area contributed by atoms with Crippen LogP contribution >= 0.6 is 0 Å². The first-order chi connectivity index (χ1) is 10.6. The number of para-hydroxylation sites is 1. The van der Waals surface area contributed by atoms with Crippen LogP contribution in [-0.4, -0.2) is 30.9 Å². The second-order valence-corrected chi connectivity index (χ2v) is 4.86. The number of carbonyl (C=O) groups excluding carboxylic acids is 2. The number of rotatable bonds is 4. The van der Waals surface area contributed by atoms with Crippen molar-refractivity contribution in [2.24, 2.45) is 0 Å². The molecule has 0 radical (unpaired) electrons. The molecule has 0 heterocycles. The lowest BCUT2D eigenvalue weighted by atomic mass is 10.1. The van der Waals surface area contributed by atoms with Gasteiger partial charge in [-0.15, -0.1) is 0 Å². The van der Waals surface area contributed by atoms with Crippen molar-refractivity contribution >= 4 is 18.0 Å². The molecule has 0 aliphatic rings. The van der Waals surface area contributed by atoms with E-state index in [4.69, 9.17) is 4.74 Å². The number of hydrogen-bond donors (Lipinski definition) is 0. The number of hydrogen-bond acceptors (Lipinski definition) is 3. The van der Waals surface area contributed by atoms with Crippen LogP contribution < -0.4 is 4.74 Å². The number of amides is 1. The predicted octanol–water partition coefficient (Wildman–Crippen LogP) is 3.64. The van der Waals surface area contributed by atoms with Crippen molar-refractivity contribution in [3.8, 4) is 5.75 Å². The highest BCUT2D eigenvalue weighted by Gasteiger charge is 2.09. The van der Waals surface area contributed by atoms with Crippen LogP contribution in [0.25, 0.3) is 6.08 Å². The minimum absolute atomic E-state index is 0.102. The van der Waals surface area contributed by atoms with E-state index in [0.29, 0.717) is 16.9 Å². The standard InChI is InChI=1S/C18H17NO3/c1-19(2)18(21)22-17-11-7-6-10-15(17)12-13-16(20)14-8-4-3-5-9-14/h3-13H,1-2H3. The van der Waals surface area contributed by atoms with Gasteiger partial charge < -0.3 is 9.64 Å². The van der Waals surface area contributed by atoms with E-state index in [1.54, 1.807) is 50.5 Å². The molecule has 1 amide bonds. The van der Waals surface area contributed by atoms with Gasteiger partial charge in [-0.25, -0.2) is 4.79 Å². The van der Waals surface area contributed by atoms with Crippen molar-refractivity contribution in [1.29, 1.82) is 0 Å². The lowest BCUT2D eigenvalue weighted by molar-refractivity contribution is 0.104. The molecule has 0 aliphatic carbocycles. The van der Waals surface area contributed by atoms with Crippen LogP contribution in [0.2, 0.25) is 0 Å². The second-order valence-electron chi connectivity index (χ2n) is 4.86. The quantitative estimate of drug-likeness (QED) is 0.639. The molecule has 0 spiro atoms. The van der Waals surface area contributed by atoms with Gasteiger partial charge >= 0.3 is 6.09 Å². The van der Waals surface area contributed by atoms with Crippen molar-refractivity contribution in [1.82, 2.24) is 4.90 Å². The highest BCUT2D eigenvalue weighted by molar-refractivity contribution is 6.06. The van der Waals surface area contributed by atoms with Crippen LogP contribution in [0.5, 0.6) is 5.75 Å². The van der Waals surface area contributed by atoms with E-state index in [9.17, 15) is 9.59 Å². The first-order valence-electron chi connectivity index (χ1n) is 6.83. The molecule has 4 nitrogen and oxygen atoms in total. The molecule has 0 saturated carbocycles. The predicted molar refractivity (Wildman–Crippen MR) is 86.0 cm³/mol. The summed E-state index contributed by atoms with van der Waals surface area (Å²) in [6, 6.07) is 16.1. The fourth-order valence-electron chi connectivity index (χ4n) is 1.76. The normalized spacial score (nSPS) is 10.5. The van der Waals surface area contributed by atoms with Gasteiger partial charge in [-0.3, -0.25) is 4.79 Å². The summed E-state index contributed by atoms with van der Waals surface area (Å²) in [6.45, 7) is 0. The van der Waals surface area contributed by atoms with E-state index in [-0.39, 0.29) is 5.78 Å². The van der Waals surface area contributed by atoms with Gasteiger partial charge in [0.05, 0.1) is 0 Å². The highest BCUT2D eigenvalue weighted by atomic mass is 16.6. The first kappa shape index (κ1) is 15.5. The fraction of sp³-hybridized carbons (Fsp3) is 0.111. The molecule has 2 aromatic carbocycles. The Bertz CT molecular complexity index is 690. The number of carbonyl (C=O) groups is 2. The summed E-state index contributed by atoms with van der Waals surface area (Å²) in [4.78, 5) is 25.0. The average Bonchev–Trinajstić information content (AvgIpc) is 2.54. The monoisotopic (exact) mass is 295 g/mol. The Morgan fingerprint density at radius 3 is 2.27 bits per heavy atom. The zero-order valence-corrected chi connectivity index (χ0v) is 12.5. The number of allylic oxidation sites excluding steroid dienone is 1. The van der Waals surface area contributed by atoms with Gasteiger partial charge in [-0.1, -0.05) is 48.5 Å². The second kappa shape index (κ2) is 7.22. The molecular formula is C18H17NO3. The molecule has 2 aromatic rings. The Balaban J connectivity index is 2.17. The van der Waals surface area contributed by atoms with Gasteiger partial charge in [-0.05, 0) is 18.2 Å². The van der Waals surface area contributed by atoms with E-state index in [1.165, 1.54) is 11.0 Å². The molecule has 0 atom stereocenters. The summed E-state index contributed by atoms with van der Waals surface area (Å²) in [5.74, 6) is 0.313. The van der Waals surface area contributed by atoms with Gasteiger partial charge in [0.1, 0.15) is 5.75 Å². The molecule has 2 rings (SSSR count). The lowest BCUT2D eigenvalue weighted by Crippen LogP contribution is -2.25. The van der Waals surface area contributed by atoms with Crippen LogP contribution in [0.1, 0.15) is 15.9 Å². The molecule has 0 unspecified atom stereocenters. The fourth-order valence-corrected chi connectivity index (χ4v) is 1.76. The van der Waals surface area contributed by atoms with E-state index >= 15 is 0 Å². The summed E-state index contributed by atoms with van der Waals surface area (Å²) < 4.78 is 5.27. The Morgan fingerprint density at radius 2 is 1.59 bits per heavy atom. The molecule has 4 heteroatoms. The minimum atomic E-state index is -0.463. The van der Waals surface area contributed by atoms with Gasteiger partial charge in [0.15, 0.2) is 5.78 Å². The summed E-state index contributed by atoms with van der Waals surface area (Å²) in [5.41, 5.74) is 1.28. The maximum atomic E-state index is 12.1. The molecule has 112 valence electrons. The molecule has 0 bridgehead atoms. The Hall–Kier alpha value is -2.88. The molecular weight excluding hydrogens is 278 g/mol. The summed E-state index contributed by atoms with van der Waals surface area (Å²) >= 11 is 0. The number of benzene rings is 2. The van der Waals surface area contributed by atoms with Crippen LogP contribution in [0.15, 0.2) is 60.7 Å². The Morgan fingerprint density at radius 1 is 0.955 bits per heavy atom. The van der Waals surface area contributed by atoms with Crippen molar-refractivity contribution in [2.45, 2.75) is 0 Å². The van der Waals surface area contributed by atoms with Gasteiger partial charge in [0.2, 0.25) is 0 Å². The zero-order valence-electron chi connectivity index (χ0n) is 12.5. The highest BCUT2D eigenvalue weighted by Crippen LogP contribution is 2.20. The van der Waals surface area contributed by atoms with Crippen LogP contribution in [-0.2, 0) is 0 Å². The Labute approximate surface area is 129 Å². The SMILES string of the molecule is CN(C)C(=O)Oc1ccccc1C=CC(=O)c1ccccc1. The summed E-state index contributed by atoms with van der Waals surface area (Å²) in [7, 11) is 3.22. The van der Waals surface area contributed by atoms with Crippen LogP contribution in [0, 0.1) is 0 Å². The van der Waals surface area contributed by atoms with E-state index in [1.807, 2.05) is 24.3 Å². The van der Waals surface area contributed by atoms with Crippen LogP contribution in [0.4, 0.5) is 4.79 Å². The molecule has 0 aliphatic heterocycles. The number of ketones is 1. The van der Waals surface area contributed by atoms with E-state index < -0.39 is 6.09 Å². The Kier molecular flexibility index (Phi) is 5.09. The third kappa shape index (κ3) is 4.06. The minimum Gasteiger partial charge on any atom is -0.410 e. The number of nitrogens with zero attached hydrogens (tertiary/aromatic N) is 1. The van der Waals surface area contributed by atoms with Crippen molar-refractivity contribution < 1.29 is 14.3 Å². The molecule has 0 saturated heterocycles. The number of ether oxygens (including phenoxy) is 1. The van der Waals surface area contributed by atoms with Gasteiger partial charge in [0, 0.05) is 25.2 Å². The zero-order chi connectivity index (χ0) is 15.9. The van der Waals surface area contributed by atoms with Crippen molar-refractivity contribution in [3.63, 3.8) is 0 Å². The molecule has 22 heavy (non-hydrogen) atoms. The van der Waals surface area contributed by atoms with Crippen LogP contribution in [0.3, 0.4) is 0 Å². The third-order valence-electron chi connectivity index (χ3n) is 2.95. The first-order valence-corrected chi connectivity index (χ1v) is 6.83. The topological polar surface area (TPSA) is 46.6 Å². The van der Waals surface area contributed by atoms with Gasteiger partial charge in [-0.2, -0.15) is 0 Å². The largest absolute Gasteiger partial charge is 0.414 e. The average molecular weight is 295 g/mol. The summed E-state index contributed by atoms with van der Waals surface area (Å²) in [5, 5.41) is 0.